The molecule has 0 spiro atoms. The van der Waals surface area contributed by atoms with Gasteiger partial charge in [0.15, 0.2) is 18.0 Å². The second kappa shape index (κ2) is 17.3. The quantitative estimate of drug-likeness (QED) is 0.133. The van der Waals surface area contributed by atoms with Crippen LogP contribution in [0.3, 0.4) is 0 Å². The number of carbonyl (C=O) groups excluding carboxylic acids is 1. The van der Waals surface area contributed by atoms with Gasteiger partial charge in [0.1, 0.15) is 0 Å². The van der Waals surface area contributed by atoms with E-state index in [0.29, 0.717) is 30.3 Å². The van der Waals surface area contributed by atoms with Crippen molar-refractivity contribution in [3.05, 3.63) is 61.7 Å². The van der Waals surface area contributed by atoms with Gasteiger partial charge in [-0.3, -0.25) is 18.7 Å². The zero-order valence-electron chi connectivity index (χ0n) is 32.5. The second-order valence-corrected chi connectivity index (χ2v) is 16.2. The molecule has 290 valence electrons. The lowest BCUT2D eigenvalue weighted by molar-refractivity contribution is -0.156. The highest BCUT2D eigenvalue weighted by atomic mass is 16.5. The van der Waals surface area contributed by atoms with Gasteiger partial charge >= 0.3 is 5.97 Å². The molecule has 0 radical (unpaired) electrons. The molecule has 2 aliphatic carbocycles. The molecule has 0 amide bonds. The molecule has 0 saturated heterocycles. The molecule has 6 aromatic rings. The summed E-state index contributed by atoms with van der Waals surface area (Å²) >= 11 is 0. The van der Waals surface area contributed by atoms with E-state index < -0.39 is 5.41 Å². The van der Waals surface area contributed by atoms with Crippen LogP contribution >= 0.6 is 0 Å². The highest BCUT2D eigenvalue weighted by Crippen LogP contribution is 2.37. The molecule has 1 N–H and O–H groups in total. The summed E-state index contributed by atoms with van der Waals surface area (Å²) in [6.07, 6.45) is 28.2. The monoisotopic (exact) mass is 754 g/mol. The Balaban J connectivity index is 0.000000178. The molecule has 6 aromatic heterocycles. The van der Waals surface area contributed by atoms with E-state index in [-0.39, 0.29) is 24.8 Å². The molecule has 2 saturated carbocycles. The summed E-state index contributed by atoms with van der Waals surface area (Å²) in [6, 6.07) is 8.92. The van der Waals surface area contributed by atoms with Gasteiger partial charge in [0.25, 0.3) is 0 Å². The minimum Gasteiger partial charge on any atom is -0.443 e. The molecule has 14 heteroatoms. The third-order valence-corrected chi connectivity index (χ3v) is 11.4. The van der Waals surface area contributed by atoms with Crippen molar-refractivity contribution in [2.75, 3.05) is 0 Å². The number of fused-ring (bicyclic) bond motifs is 2. The molecule has 6 heterocycles. The van der Waals surface area contributed by atoms with Crippen LogP contribution in [0.4, 0.5) is 0 Å². The Labute approximate surface area is 326 Å². The maximum atomic E-state index is 12.1. The zero-order chi connectivity index (χ0) is 39.1. The average molecular weight is 755 g/mol. The third-order valence-electron chi connectivity index (χ3n) is 11.4. The van der Waals surface area contributed by atoms with Crippen LogP contribution in [0.25, 0.3) is 44.3 Å². The van der Waals surface area contributed by atoms with Gasteiger partial charge in [0.05, 0.1) is 67.3 Å². The minimum absolute atomic E-state index is 0.0862. The standard InChI is InChI=1S/C24H30N6O2.C18H20N6/c1-24(2,3)23(31)32-16-29-12-10-19-20(14-26-28-22(19)29)18-13-27-30(15-18)21(9-11-25)17-7-5-4-6-8-17;19-8-6-17(13-4-2-1-3-5-13)24-12-14(10-22-24)16-11-21-23-18-15(16)7-9-20-18/h10,12-15,17,21H,4-9,16H2,1-3H3;7,9-13,17H,1-6H2,(H,20,23)/t21-;17-/m11/s1. The smallest absolute Gasteiger partial charge is 0.312 e. The van der Waals surface area contributed by atoms with Gasteiger partial charge < -0.3 is 9.72 Å². The number of carbonyl (C=O) groups is 1. The van der Waals surface area contributed by atoms with E-state index in [2.05, 4.69) is 53.9 Å². The zero-order valence-corrected chi connectivity index (χ0v) is 32.5. The van der Waals surface area contributed by atoms with Crippen LogP contribution in [0.5, 0.6) is 0 Å². The summed E-state index contributed by atoms with van der Waals surface area (Å²) in [5.74, 6) is 0.773. The van der Waals surface area contributed by atoms with Crippen molar-refractivity contribution >= 4 is 28.0 Å². The summed E-state index contributed by atoms with van der Waals surface area (Å²) in [7, 11) is 0. The fraction of sp³-hybridized carbons (Fsp3) is 0.500. The van der Waals surface area contributed by atoms with Crippen LogP contribution in [0.15, 0.2) is 61.7 Å². The summed E-state index contributed by atoms with van der Waals surface area (Å²) in [5, 5.41) is 46.4. The molecule has 0 bridgehead atoms. The molecule has 0 aromatic carbocycles. The molecule has 0 unspecified atom stereocenters. The number of H-pyrrole nitrogens is 1. The van der Waals surface area contributed by atoms with E-state index in [9.17, 15) is 15.3 Å². The van der Waals surface area contributed by atoms with E-state index in [4.69, 9.17) is 4.74 Å². The minimum atomic E-state index is -0.563. The number of hydrogen-bond acceptors (Lipinski definition) is 10. The Morgan fingerprint density at radius 1 is 0.804 bits per heavy atom. The van der Waals surface area contributed by atoms with Gasteiger partial charge in [-0.25, -0.2) is 0 Å². The molecule has 2 aliphatic rings. The first-order valence-corrected chi connectivity index (χ1v) is 19.8. The average Bonchev–Trinajstić information content (AvgIpc) is 4.06. The number of rotatable bonds is 10. The summed E-state index contributed by atoms with van der Waals surface area (Å²) in [4.78, 5) is 15.2. The normalized spacial score (nSPS) is 16.4. The fourth-order valence-electron chi connectivity index (χ4n) is 8.27. The predicted octanol–water partition coefficient (Wildman–Crippen LogP) is 8.73. The van der Waals surface area contributed by atoms with Crippen molar-refractivity contribution in [3.8, 4) is 34.4 Å². The summed E-state index contributed by atoms with van der Waals surface area (Å²) in [6.45, 7) is 5.56. The number of aromatic amines is 1. The van der Waals surface area contributed by atoms with Gasteiger partial charge in [-0.1, -0.05) is 38.5 Å². The van der Waals surface area contributed by atoms with Crippen molar-refractivity contribution in [2.45, 2.75) is 117 Å². The van der Waals surface area contributed by atoms with Gasteiger partial charge in [0, 0.05) is 57.8 Å². The first-order chi connectivity index (χ1) is 27.2. The van der Waals surface area contributed by atoms with Crippen LogP contribution < -0.4 is 0 Å². The van der Waals surface area contributed by atoms with Gasteiger partial charge in [-0.05, 0) is 70.4 Å². The summed E-state index contributed by atoms with van der Waals surface area (Å²) < 4.78 is 11.2. The number of aromatic nitrogens is 10. The van der Waals surface area contributed by atoms with E-state index in [0.717, 1.165) is 51.5 Å². The molecule has 14 nitrogen and oxygen atoms in total. The van der Waals surface area contributed by atoms with Crippen molar-refractivity contribution < 1.29 is 9.53 Å². The Morgan fingerprint density at radius 3 is 1.91 bits per heavy atom. The topological polar surface area (TPSA) is 182 Å². The van der Waals surface area contributed by atoms with Crippen LogP contribution in [-0.4, -0.2) is 55.5 Å². The number of hydrogen-bond donors (Lipinski definition) is 1. The lowest BCUT2D eigenvalue weighted by Crippen LogP contribution is -2.23. The van der Waals surface area contributed by atoms with Crippen LogP contribution in [0.1, 0.15) is 110 Å². The largest absolute Gasteiger partial charge is 0.443 e. The Kier molecular flexibility index (Phi) is 11.8. The maximum absolute atomic E-state index is 12.1. The lowest BCUT2D eigenvalue weighted by atomic mass is 9.83. The van der Waals surface area contributed by atoms with Gasteiger partial charge in [-0.2, -0.15) is 30.9 Å². The van der Waals surface area contributed by atoms with Crippen molar-refractivity contribution in [1.29, 1.82) is 10.5 Å². The van der Waals surface area contributed by atoms with Crippen molar-refractivity contribution in [2.24, 2.45) is 17.3 Å². The molecule has 56 heavy (non-hydrogen) atoms. The highest BCUT2D eigenvalue weighted by molar-refractivity contribution is 5.93. The number of nitrogens with zero attached hydrogens (tertiary/aromatic N) is 11. The summed E-state index contributed by atoms with van der Waals surface area (Å²) in [5.41, 5.74) is 4.76. The second-order valence-electron chi connectivity index (χ2n) is 16.2. The molecular formula is C42H50N12O2. The molecule has 2 fully saturated rings. The number of nitriles is 2. The number of nitrogens with one attached hydrogen (secondary N) is 1. The maximum Gasteiger partial charge on any atom is 0.312 e. The van der Waals surface area contributed by atoms with E-state index in [1.165, 1.54) is 51.4 Å². The SMILES string of the molecule is CC(C)(C)C(=O)OCn1ccc2c(-c3cnn([C@H](CC#N)C4CCCCC4)c3)cnnc21.N#CC[C@H](C1CCCCC1)n1cc(-c2cnnc3[nH]ccc23)cn1. The van der Waals surface area contributed by atoms with Gasteiger partial charge in [-0.15, -0.1) is 10.2 Å². The lowest BCUT2D eigenvalue weighted by Gasteiger charge is -2.29. The van der Waals surface area contributed by atoms with Gasteiger partial charge in [0.2, 0.25) is 0 Å². The van der Waals surface area contributed by atoms with E-state index >= 15 is 0 Å². The van der Waals surface area contributed by atoms with E-state index in [1.54, 1.807) is 17.0 Å². The Bertz CT molecular complexity index is 2320. The van der Waals surface area contributed by atoms with Crippen molar-refractivity contribution in [1.82, 2.24) is 49.5 Å². The first kappa shape index (κ1) is 38.4. The number of ether oxygens (including phenoxy) is 1. The Morgan fingerprint density at radius 2 is 1.36 bits per heavy atom. The first-order valence-electron chi connectivity index (χ1n) is 19.8. The molecule has 8 rings (SSSR count). The molecule has 2 atom stereocenters. The molecule has 0 aliphatic heterocycles. The van der Waals surface area contributed by atoms with E-state index in [1.807, 2.05) is 73.3 Å². The van der Waals surface area contributed by atoms with Crippen molar-refractivity contribution in [3.63, 3.8) is 0 Å². The van der Waals surface area contributed by atoms with Crippen LogP contribution in [-0.2, 0) is 16.3 Å². The number of esters is 1. The fourth-order valence-corrected chi connectivity index (χ4v) is 8.27. The highest BCUT2D eigenvalue weighted by Gasteiger charge is 2.28. The third kappa shape index (κ3) is 8.50. The van der Waals surface area contributed by atoms with Crippen LogP contribution in [0.2, 0.25) is 0 Å². The predicted molar refractivity (Wildman–Crippen MR) is 211 cm³/mol. The Hall–Kier alpha value is -5.89. The van der Waals surface area contributed by atoms with Crippen LogP contribution in [0, 0.1) is 39.9 Å². The molecular weight excluding hydrogens is 705 g/mol.